The molecule has 6 aromatic heterocycles. The monoisotopic (exact) mass is 451 g/mol. The first-order valence-electron chi connectivity index (χ1n) is 10.7. The van der Waals surface area contributed by atoms with Crippen LogP contribution < -0.4 is 5.32 Å². The van der Waals surface area contributed by atoms with Crippen LogP contribution in [-0.4, -0.2) is 36.2 Å². The molecular formula is C25H21N7S. The number of nitrogens with zero attached hydrogens (tertiary/aromatic N) is 4. The van der Waals surface area contributed by atoms with E-state index in [0.717, 1.165) is 55.7 Å². The average molecular weight is 452 g/mol. The van der Waals surface area contributed by atoms with Crippen LogP contribution >= 0.6 is 11.3 Å². The first kappa shape index (κ1) is 19.6. The summed E-state index contributed by atoms with van der Waals surface area (Å²) >= 11 is 1.68. The molecule has 0 saturated carbocycles. The van der Waals surface area contributed by atoms with E-state index in [1.54, 1.807) is 11.3 Å². The summed E-state index contributed by atoms with van der Waals surface area (Å²) in [6, 6.07) is 8.73. The number of hydrogen-bond acceptors (Lipinski definition) is 6. The van der Waals surface area contributed by atoms with Crippen LogP contribution in [0, 0.1) is 0 Å². The van der Waals surface area contributed by atoms with Gasteiger partial charge in [-0.15, -0.1) is 0 Å². The van der Waals surface area contributed by atoms with Crippen LogP contribution in [0.5, 0.6) is 0 Å². The Morgan fingerprint density at radius 2 is 1.82 bits per heavy atom. The van der Waals surface area contributed by atoms with Crippen molar-refractivity contribution < 1.29 is 0 Å². The van der Waals surface area contributed by atoms with Crippen molar-refractivity contribution in [3.63, 3.8) is 0 Å². The summed E-state index contributed by atoms with van der Waals surface area (Å²) in [5.41, 5.74) is 8.71. The average Bonchev–Trinajstić information content (AvgIpc) is 3.57. The second kappa shape index (κ2) is 7.83. The Morgan fingerprint density at radius 1 is 0.909 bits per heavy atom. The molecule has 162 valence electrons. The first-order chi connectivity index (χ1) is 16.2. The van der Waals surface area contributed by atoms with E-state index in [-0.39, 0.29) is 0 Å². The molecule has 0 radical (unpaired) electrons. The summed E-state index contributed by atoms with van der Waals surface area (Å²) in [4.78, 5) is 17.0. The second-order valence-corrected chi connectivity index (χ2v) is 9.07. The van der Waals surface area contributed by atoms with Crippen molar-refractivity contribution in [3.05, 3.63) is 66.0 Å². The van der Waals surface area contributed by atoms with Gasteiger partial charge in [0.2, 0.25) is 0 Å². The highest BCUT2D eigenvalue weighted by molar-refractivity contribution is 7.08. The molecule has 0 atom stereocenters. The van der Waals surface area contributed by atoms with E-state index in [0.29, 0.717) is 6.04 Å². The van der Waals surface area contributed by atoms with Gasteiger partial charge in [-0.2, -0.15) is 16.4 Å². The van der Waals surface area contributed by atoms with Crippen molar-refractivity contribution in [1.29, 1.82) is 0 Å². The van der Waals surface area contributed by atoms with Gasteiger partial charge in [0.1, 0.15) is 5.69 Å². The summed E-state index contributed by atoms with van der Waals surface area (Å²) in [5, 5.41) is 17.5. The van der Waals surface area contributed by atoms with E-state index in [1.165, 1.54) is 5.56 Å². The van der Waals surface area contributed by atoms with Crippen LogP contribution in [0.3, 0.4) is 0 Å². The molecule has 7 nitrogen and oxygen atoms in total. The molecule has 6 heterocycles. The van der Waals surface area contributed by atoms with E-state index < -0.39 is 0 Å². The summed E-state index contributed by atoms with van der Waals surface area (Å²) < 4.78 is 0. The number of aromatic amines is 2. The molecule has 3 N–H and O–H groups in total. The summed E-state index contributed by atoms with van der Waals surface area (Å²) in [5.74, 6) is 0. The summed E-state index contributed by atoms with van der Waals surface area (Å²) in [7, 11) is 0. The normalized spacial score (nSPS) is 11.6. The largest absolute Gasteiger partial charge is 0.382 e. The zero-order valence-corrected chi connectivity index (χ0v) is 18.9. The topological polar surface area (TPSA) is 95.2 Å². The molecule has 0 aliphatic rings. The Kier molecular flexibility index (Phi) is 4.66. The van der Waals surface area contributed by atoms with Crippen molar-refractivity contribution in [2.24, 2.45) is 0 Å². The van der Waals surface area contributed by atoms with Gasteiger partial charge in [0, 0.05) is 46.5 Å². The second-order valence-electron chi connectivity index (χ2n) is 8.29. The number of nitrogens with one attached hydrogen (secondary N) is 3. The molecule has 8 heteroatoms. The van der Waals surface area contributed by atoms with E-state index in [9.17, 15) is 0 Å². The Morgan fingerprint density at radius 3 is 2.67 bits per heavy atom. The third-order valence-electron chi connectivity index (χ3n) is 5.57. The first-order valence-corrected chi connectivity index (χ1v) is 11.7. The zero-order valence-electron chi connectivity index (χ0n) is 18.1. The minimum absolute atomic E-state index is 0.327. The van der Waals surface area contributed by atoms with E-state index in [4.69, 9.17) is 0 Å². The standard InChI is InChI=1S/C25H21N7S/c1-14(2)29-17-5-16(8-26-9-17)21-7-19-24(12-28-21)31-32-25(19)22-6-18-20(15-3-4-33-13-15)10-27-11-23(18)30-22/h3-14,29-30H,1-2H3,(H,31,32). The van der Waals surface area contributed by atoms with Crippen molar-refractivity contribution in [1.82, 2.24) is 30.1 Å². The summed E-state index contributed by atoms with van der Waals surface area (Å²) in [6.45, 7) is 4.21. The third-order valence-corrected chi connectivity index (χ3v) is 6.25. The maximum atomic E-state index is 4.64. The van der Waals surface area contributed by atoms with Crippen LogP contribution in [0.2, 0.25) is 0 Å². The number of thiophene rings is 1. The molecule has 0 amide bonds. The fourth-order valence-electron chi connectivity index (χ4n) is 4.10. The van der Waals surface area contributed by atoms with Gasteiger partial charge in [-0.25, -0.2) is 0 Å². The van der Waals surface area contributed by atoms with Crippen molar-refractivity contribution in [2.45, 2.75) is 19.9 Å². The SMILES string of the molecule is CC(C)Nc1cncc(-c2cc3c(-c4cc5c(-c6ccsc6)cncc5[nH]4)n[nH]c3cn2)c1. The quantitative estimate of drug-likeness (QED) is 0.294. The zero-order chi connectivity index (χ0) is 22.4. The number of pyridine rings is 3. The highest BCUT2D eigenvalue weighted by Gasteiger charge is 2.15. The molecule has 33 heavy (non-hydrogen) atoms. The van der Waals surface area contributed by atoms with Gasteiger partial charge in [-0.1, -0.05) is 0 Å². The lowest BCUT2D eigenvalue weighted by Crippen LogP contribution is -2.09. The van der Waals surface area contributed by atoms with E-state index in [1.807, 2.05) is 31.0 Å². The molecule has 0 aromatic carbocycles. The molecule has 0 aliphatic carbocycles. The Bertz CT molecular complexity index is 1580. The predicted molar refractivity (Wildman–Crippen MR) is 134 cm³/mol. The number of aromatic nitrogens is 6. The fourth-order valence-corrected chi connectivity index (χ4v) is 4.75. The molecule has 0 fully saturated rings. The smallest absolute Gasteiger partial charge is 0.116 e. The third kappa shape index (κ3) is 3.54. The molecule has 0 spiro atoms. The van der Waals surface area contributed by atoms with Crippen LogP contribution in [0.15, 0.2) is 66.0 Å². The molecule has 0 unspecified atom stereocenters. The lowest BCUT2D eigenvalue weighted by Gasteiger charge is -2.10. The van der Waals surface area contributed by atoms with E-state index in [2.05, 4.69) is 84.3 Å². The number of rotatable bonds is 5. The molecule has 0 saturated heterocycles. The minimum atomic E-state index is 0.327. The molecule has 6 rings (SSSR count). The summed E-state index contributed by atoms with van der Waals surface area (Å²) in [6.07, 6.45) is 9.26. The Hall–Kier alpha value is -4.04. The van der Waals surface area contributed by atoms with Gasteiger partial charge >= 0.3 is 0 Å². The van der Waals surface area contributed by atoms with Crippen LogP contribution in [-0.2, 0) is 0 Å². The Balaban J connectivity index is 1.45. The van der Waals surface area contributed by atoms with Gasteiger partial charge in [0.25, 0.3) is 0 Å². The molecule has 0 aliphatic heterocycles. The van der Waals surface area contributed by atoms with Gasteiger partial charge < -0.3 is 10.3 Å². The predicted octanol–water partition coefficient (Wildman–Crippen LogP) is 6.11. The molecule has 6 aromatic rings. The van der Waals surface area contributed by atoms with Gasteiger partial charge in [-0.3, -0.25) is 20.1 Å². The van der Waals surface area contributed by atoms with Crippen LogP contribution in [0.25, 0.3) is 55.6 Å². The fraction of sp³-hybridized carbons (Fsp3) is 0.120. The Labute approximate surface area is 194 Å². The van der Waals surface area contributed by atoms with Crippen molar-refractivity contribution >= 4 is 38.8 Å². The van der Waals surface area contributed by atoms with Crippen molar-refractivity contribution in [2.75, 3.05) is 5.32 Å². The number of hydrogen-bond donors (Lipinski definition) is 3. The number of H-pyrrole nitrogens is 2. The number of fused-ring (bicyclic) bond motifs is 2. The van der Waals surface area contributed by atoms with Gasteiger partial charge in [0.05, 0.1) is 40.5 Å². The maximum Gasteiger partial charge on any atom is 0.116 e. The maximum absolute atomic E-state index is 4.64. The van der Waals surface area contributed by atoms with Crippen LogP contribution in [0.1, 0.15) is 13.8 Å². The molecular weight excluding hydrogens is 430 g/mol. The highest BCUT2D eigenvalue weighted by Crippen LogP contribution is 2.35. The minimum Gasteiger partial charge on any atom is -0.382 e. The van der Waals surface area contributed by atoms with E-state index >= 15 is 0 Å². The van der Waals surface area contributed by atoms with Gasteiger partial charge in [0.15, 0.2) is 0 Å². The highest BCUT2D eigenvalue weighted by atomic mass is 32.1. The lowest BCUT2D eigenvalue weighted by atomic mass is 10.1. The molecule has 0 bridgehead atoms. The lowest BCUT2D eigenvalue weighted by molar-refractivity contribution is 0.898. The number of anilines is 1. The van der Waals surface area contributed by atoms with Gasteiger partial charge in [-0.05, 0) is 54.4 Å². The van der Waals surface area contributed by atoms with Crippen LogP contribution in [0.4, 0.5) is 5.69 Å². The van der Waals surface area contributed by atoms with Crippen molar-refractivity contribution in [3.8, 4) is 33.8 Å².